The molecule has 2 N–H and O–H groups in total. The Labute approximate surface area is 78.9 Å². The molecule has 1 aliphatic heterocycles. The topological polar surface area (TPSA) is 52.6 Å². The highest BCUT2D eigenvalue weighted by molar-refractivity contribution is 5.64. The normalized spacial score (nSPS) is 20.5. The standard InChI is InChI=1S/C9H18N2O2/c1-7(2)11-5-3-8(4-6-11)10-9(12)13/h7-8,10H,3-6H2,1-2H3,(H,12,13). The van der Waals surface area contributed by atoms with Gasteiger partial charge in [0.2, 0.25) is 0 Å². The Morgan fingerprint density at radius 2 is 2.00 bits per heavy atom. The van der Waals surface area contributed by atoms with E-state index in [1.165, 1.54) is 0 Å². The van der Waals surface area contributed by atoms with Crippen LogP contribution in [0.5, 0.6) is 0 Å². The van der Waals surface area contributed by atoms with Crippen LogP contribution in [0.2, 0.25) is 0 Å². The molecule has 1 rings (SSSR count). The maximum absolute atomic E-state index is 10.4. The molecule has 13 heavy (non-hydrogen) atoms. The molecule has 0 saturated carbocycles. The Kier molecular flexibility index (Phi) is 3.54. The molecule has 1 fully saturated rings. The molecule has 0 radical (unpaired) electrons. The van der Waals surface area contributed by atoms with Crippen LogP contribution in [0, 0.1) is 0 Å². The van der Waals surface area contributed by atoms with E-state index in [0.717, 1.165) is 25.9 Å². The minimum Gasteiger partial charge on any atom is -0.465 e. The van der Waals surface area contributed by atoms with Gasteiger partial charge in [-0.15, -0.1) is 0 Å². The van der Waals surface area contributed by atoms with Crippen molar-refractivity contribution in [3.05, 3.63) is 0 Å². The lowest BCUT2D eigenvalue weighted by atomic mass is 10.0. The van der Waals surface area contributed by atoms with E-state index in [9.17, 15) is 4.79 Å². The number of hydrogen-bond donors (Lipinski definition) is 2. The maximum atomic E-state index is 10.4. The molecule has 1 amide bonds. The number of hydrogen-bond acceptors (Lipinski definition) is 2. The summed E-state index contributed by atoms with van der Waals surface area (Å²) >= 11 is 0. The Balaban J connectivity index is 2.26. The van der Waals surface area contributed by atoms with Gasteiger partial charge in [-0.05, 0) is 26.7 Å². The van der Waals surface area contributed by atoms with Gasteiger partial charge in [-0.25, -0.2) is 4.79 Å². The van der Waals surface area contributed by atoms with Crippen molar-refractivity contribution in [3.8, 4) is 0 Å². The van der Waals surface area contributed by atoms with Gasteiger partial charge >= 0.3 is 6.09 Å². The summed E-state index contributed by atoms with van der Waals surface area (Å²) in [6.07, 6.45) is 0.970. The van der Waals surface area contributed by atoms with Crippen molar-refractivity contribution >= 4 is 6.09 Å². The molecule has 0 bridgehead atoms. The first-order chi connectivity index (χ1) is 6.09. The maximum Gasteiger partial charge on any atom is 0.404 e. The average Bonchev–Trinajstić information content (AvgIpc) is 2.04. The smallest absolute Gasteiger partial charge is 0.404 e. The molecule has 0 aromatic carbocycles. The van der Waals surface area contributed by atoms with Crippen molar-refractivity contribution < 1.29 is 9.90 Å². The first-order valence-electron chi connectivity index (χ1n) is 4.83. The lowest BCUT2D eigenvalue weighted by Gasteiger charge is -2.34. The fourth-order valence-corrected chi connectivity index (χ4v) is 1.73. The summed E-state index contributed by atoms with van der Waals surface area (Å²) in [5.74, 6) is 0. The van der Waals surface area contributed by atoms with Crippen LogP contribution in [0.15, 0.2) is 0 Å². The van der Waals surface area contributed by atoms with Gasteiger partial charge in [0.05, 0.1) is 0 Å². The van der Waals surface area contributed by atoms with E-state index >= 15 is 0 Å². The molecule has 4 nitrogen and oxygen atoms in total. The summed E-state index contributed by atoms with van der Waals surface area (Å²) in [7, 11) is 0. The summed E-state index contributed by atoms with van der Waals surface area (Å²) in [6.45, 7) is 6.35. The summed E-state index contributed by atoms with van der Waals surface area (Å²) in [4.78, 5) is 12.7. The third-order valence-electron chi connectivity index (χ3n) is 2.59. The Morgan fingerprint density at radius 1 is 1.46 bits per heavy atom. The lowest BCUT2D eigenvalue weighted by molar-refractivity contribution is 0.150. The van der Waals surface area contributed by atoms with E-state index in [0.29, 0.717) is 6.04 Å². The van der Waals surface area contributed by atoms with Gasteiger partial charge in [-0.2, -0.15) is 0 Å². The number of amides is 1. The first kappa shape index (κ1) is 10.3. The highest BCUT2D eigenvalue weighted by Gasteiger charge is 2.21. The van der Waals surface area contributed by atoms with E-state index < -0.39 is 6.09 Å². The van der Waals surface area contributed by atoms with Crippen molar-refractivity contribution in [2.24, 2.45) is 0 Å². The number of likely N-dealkylation sites (tertiary alicyclic amines) is 1. The minimum atomic E-state index is -0.900. The average molecular weight is 186 g/mol. The van der Waals surface area contributed by atoms with Gasteiger partial charge in [0.1, 0.15) is 0 Å². The van der Waals surface area contributed by atoms with Crippen molar-refractivity contribution in [2.75, 3.05) is 13.1 Å². The number of rotatable bonds is 2. The monoisotopic (exact) mass is 186 g/mol. The molecule has 0 aliphatic carbocycles. The van der Waals surface area contributed by atoms with Crippen LogP contribution in [-0.2, 0) is 0 Å². The number of nitrogens with zero attached hydrogens (tertiary/aromatic N) is 1. The largest absolute Gasteiger partial charge is 0.465 e. The van der Waals surface area contributed by atoms with Crippen LogP contribution in [0.1, 0.15) is 26.7 Å². The first-order valence-corrected chi connectivity index (χ1v) is 4.83. The molecule has 0 aromatic heterocycles. The van der Waals surface area contributed by atoms with Gasteiger partial charge < -0.3 is 15.3 Å². The zero-order valence-electron chi connectivity index (χ0n) is 8.29. The summed E-state index contributed by atoms with van der Waals surface area (Å²) in [5, 5.41) is 11.0. The minimum absolute atomic E-state index is 0.160. The zero-order valence-corrected chi connectivity index (χ0v) is 8.29. The van der Waals surface area contributed by atoms with E-state index in [1.54, 1.807) is 0 Å². The summed E-state index contributed by atoms with van der Waals surface area (Å²) < 4.78 is 0. The molecular weight excluding hydrogens is 168 g/mol. The fraction of sp³-hybridized carbons (Fsp3) is 0.889. The highest BCUT2D eigenvalue weighted by Crippen LogP contribution is 2.12. The van der Waals surface area contributed by atoms with Crippen LogP contribution >= 0.6 is 0 Å². The molecule has 0 atom stereocenters. The number of nitrogens with one attached hydrogen (secondary N) is 1. The number of carboxylic acid groups (broad SMARTS) is 1. The number of carbonyl (C=O) groups is 1. The van der Waals surface area contributed by atoms with Gasteiger partial charge in [0, 0.05) is 25.2 Å². The lowest BCUT2D eigenvalue weighted by Crippen LogP contribution is -2.46. The van der Waals surface area contributed by atoms with Gasteiger partial charge in [0.25, 0.3) is 0 Å². The fourth-order valence-electron chi connectivity index (χ4n) is 1.73. The van der Waals surface area contributed by atoms with Crippen molar-refractivity contribution in [1.29, 1.82) is 0 Å². The molecule has 0 unspecified atom stereocenters. The van der Waals surface area contributed by atoms with Crippen LogP contribution in [0.3, 0.4) is 0 Å². The highest BCUT2D eigenvalue weighted by atomic mass is 16.4. The molecular formula is C9H18N2O2. The Bertz CT molecular complexity index is 174. The Hall–Kier alpha value is -0.770. The van der Waals surface area contributed by atoms with Crippen LogP contribution < -0.4 is 5.32 Å². The van der Waals surface area contributed by atoms with Gasteiger partial charge in [-0.3, -0.25) is 0 Å². The van der Waals surface area contributed by atoms with E-state index in [1.807, 2.05) is 0 Å². The van der Waals surface area contributed by atoms with Crippen LogP contribution in [0.25, 0.3) is 0 Å². The summed E-state index contributed by atoms with van der Waals surface area (Å²) in [6, 6.07) is 0.735. The third kappa shape index (κ3) is 3.22. The van der Waals surface area contributed by atoms with Crippen molar-refractivity contribution in [3.63, 3.8) is 0 Å². The zero-order chi connectivity index (χ0) is 9.84. The molecule has 4 heteroatoms. The molecule has 76 valence electrons. The van der Waals surface area contributed by atoms with Crippen LogP contribution in [0.4, 0.5) is 4.79 Å². The molecule has 0 aromatic rings. The molecule has 1 aliphatic rings. The Morgan fingerprint density at radius 3 is 2.38 bits per heavy atom. The van der Waals surface area contributed by atoms with Crippen molar-refractivity contribution in [2.45, 2.75) is 38.8 Å². The van der Waals surface area contributed by atoms with Crippen LogP contribution in [-0.4, -0.2) is 41.3 Å². The number of piperidine rings is 1. The second-order valence-electron chi connectivity index (χ2n) is 3.85. The van der Waals surface area contributed by atoms with Gasteiger partial charge in [0.15, 0.2) is 0 Å². The van der Waals surface area contributed by atoms with E-state index in [2.05, 4.69) is 24.1 Å². The quantitative estimate of drug-likeness (QED) is 0.679. The molecule has 1 saturated heterocycles. The predicted octanol–water partition coefficient (Wildman–Crippen LogP) is 1.13. The van der Waals surface area contributed by atoms with Gasteiger partial charge in [-0.1, -0.05) is 0 Å². The third-order valence-corrected chi connectivity index (χ3v) is 2.59. The van der Waals surface area contributed by atoms with E-state index in [-0.39, 0.29) is 6.04 Å². The molecule has 0 spiro atoms. The van der Waals surface area contributed by atoms with E-state index in [4.69, 9.17) is 5.11 Å². The van der Waals surface area contributed by atoms with Crippen molar-refractivity contribution in [1.82, 2.24) is 10.2 Å². The molecule has 1 heterocycles. The second-order valence-corrected chi connectivity index (χ2v) is 3.85. The predicted molar refractivity (Wildman–Crippen MR) is 50.9 cm³/mol. The summed E-state index contributed by atoms with van der Waals surface area (Å²) in [5.41, 5.74) is 0. The second kappa shape index (κ2) is 4.46. The SMILES string of the molecule is CC(C)N1CCC(NC(=O)O)CC1.